The molecule has 1 aromatic carbocycles. The highest BCUT2D eigenvalue weighted by atomic mass is 16.5. The van der Waals surface area contributed by atoms with Crippen molar-refractivity contribution in [3.8, 4) is 0 Å². The minimum absolute atomic E-state index is 0.279. The summed E-state index contributed by atoms with van der Waals surface area (Å²) in [5, 5.41) is 3.71. The van der Waals surface area contributed by atoms with Crippen LogP contribution in [0.5, 0.6) is 0 Å². The number of benzene rings is 1. The van der Waals surface area contributed by atoms with E-state index in [4.69, 9.17) is 4.74 Å². The molecule has 2 aliphatic rings. The van der Waals surface area contributed by atoms with E-state index in [0.717, 1.165) is 38.8 Å². The van der Waals surface area contributed by atoms with Gasteiger partial charge in [-0.25, -0.2) is 0 Å². The van der Waals surface area contributed by atoms with Gasteiger partial charge >= 0.3 is 0 Å². The second-order valence-electron chi connectivity index (χ2n) is 6.83. The molecule has 1 heterocycles. The van der Waals surface area contributed by atoms with Crippen LogP contribution in [0.25, 0.3) is 0 Å². The van der Waals surface area contributed by atoms with E-state index in [1.807, 2.05) is 0 Å². The van der Waals surface area contributed by atoms with E-state index in [2.05, 4.69) is 48.5 Å². The fraction of sp³-hybridized carbons (Fsp3) is 0.667. The first kappa shape index (κ1) is 14.9. The van der Waals surface area contributed by atoms with Crippen LogP contribution in [0.4, 0.5) is 5.69 Å². The molecule has 3 heteroatoms. The zero-order valence-electron chi connectivity index (χ0n) is 13.4. The highest BCUT2D eigenvalue weighted by Crippen LogP contribution is 2.32. The molecule has 1 saturated heterocycles. The van der Waals surface area contributed by atoms with Crippen molar-refractivity contribution in [2.45, 2.75) is 38.6 Å². The Morgan fingerprint density at radius 3 is 2.62 bits per heavy atom. The fourth-order valence-corrected chi connectivity index (χ4v) is 3.20. The summed E-state index contributed by atoms with van der Waals surface area (Å²) in [6, 6.07) is 9.75. The summed E-state index contributed by atoms with van der Waals surface area (Å²) in [7, 11) is 2.21. The molecule has 0 aromatic heterocycles. The van der Waals surface area contributed by atoms with E-state index >= 15 is 0 Å². The van der Waals surface area contributed by atoms with Gasteiger partial charge in [0.05, 0.1) is 6.61 Å². The molecule has 1 aliphatic heterocycles. The maximum atomic E-state index is 5.72. The van der Waals surface area contributed by atoms with Gasteiger partial charge in [-0.3, -0.25) is 0 Å². The molecule has 3 rings (SSSR count). The number of hydrogen-bond donors (Lipinski definition) is 1. The number of hydrogen-bond acceptors (Lipinski definition) is 3. The van der Waals surface area contributed by atoms with Crippen molar-refractivity contribution < 1.29 is 4.74 Å². The maximum Gasteiger partial charge on any atom is 0.0552 e. The van der Waals surface area contributed by atoms with Gasteiger partial charge in [0.15, 0.2) is 0 Å². The van der Waals surface area contributed by atoms with E-state index in [0.29, 0.717) is 0 Å². The number of ether oxygens (including phenoxy) is 1. The van der Waals surface area contributed by atoms with Crippen molar-refractivity contribution >= 4 is 5.69 Å². The van der Waals surface area contributed by atoms with Gasteiger partial charge < -0.3 is 15.0 Å². The summed E-state index contributed by atoms with van der Waals surface area (Å²) in [4.78, 5) is 2.39. The molecular weight excluding hydrogens is 260 g/mol. The standard InChI is InChI=1S/C18H28N2O/c1-3-15-4-8-17(9-5-15)20(2)13-18(10-11-21-14-18)12-19-16-6-7-16/h4-5,8-9,16,19H,3,6-7,10-14H2,1-2H3. The van der Waals surface area contributed by atoms with Crippen LogP contribution in [0, 0.1) is 5.41 Å². The molecular formula is C18H28N2O. The summed E-state index contributed by atoms with van der Waals surface area (Å²) in [5.41, 5.74) is 2.99. The van der Waals surface area contributed by atoms with Gasteiger partial charge in [0, 0.05) is 43.9 Å². The van der Waals surface area contributed by atoms with Crippen molar-refractivity contribution in [3.63, 3.8) is 0 Å². The third-order valence-corrected chi connectivity index (χ3v) is 4.89. The van der Waals surface area contributed by atoms with Crippen LogP contribution in [-0.2, 0) is 11.2 Å². The van der Waals surface area contributed by atoms with Crippen molar-refractivity contribution in [1.29, 1.82) is 0 Å². The van der Waals surface area contributed by atoms with Crippen LogP contribution < -0.4 is 10.2 Å². The Bertz CT molecular complexity index is 447. The third kappa shape index (κ3) is 3.78. The Morgan fingerprint density at radius 2 is 2.05 bits per heavy atom. The molecule has 0 amide bonds. The molecule has 0 bridgehead atoms. The van der Waals surface area contributed by atoms with E-state index in [-0.39, 0.29) is 5.41 Å². The van der Waals surface area contributed by atoms with Crippen LogP contribution in [0.3, 0.4) is 0 Å². The van der Waals surface area contributed by atoms with Gasteiger partial charge in [-0.2, -0.15) is 0 Å². The summed E-state index contributed by atoms with van der Waals surface area (Å²) < 4.78 is 5.72. The summed E-state index contributed by atoms with van der Waals surface area (Å²) >= 11 is 0. The monoisotopic (exact) mass is 288 g/mol. The Balaban J connectivity index is 1.62. The first-order valence-electron chi connectivity index (χ1n) is 8.32. The molecule has 116 valence electrons. The number of aryl methyl sites for hydroxylation is 1. The van der Waals surface area contributed by atoms with Crippen molar-refractivity contribution in [2.75, 3.05) is 38.3 Å². The number of anilines is 1. The molecule has 1 N–H and O–H groups in total. The molecule has 0 radical (unpaired) electrons. The highest BCUT2D eigenvalue weighted by molar-refractivity contribution is 5.47. The first-order valence-corrected chi connectivity index (χ1v) is 8.32. The van der Waals surface area contributed by atoms with Crippen molar-refractivity contribution in [3.05, 3.63) is 29.8 Å². The topological polar surface area (TPSA) is 24.5 Å². The molecule has 2 fully saturated rings. The first-order chi connectivity index (χ1) is 10.2. The van der Waals surface area contributed by atoms with Gasteiger partial charge in [-0.1, -0.05) is 19.1 Å². The predicted molar refractivity (Wildman–Crippen MR) is 88.0 cm³/mol. The minimum Gasteiger partial charge on any atom is -0.381 e. The van der Waals surface area contributed by atoms with Crippen LogP contribution >= 0.6 is 0 Å². The number of nitrogens with zero attached hydrogens (tertiary/aromatic N) is 1. The second-order valence-corrected chi connectivity index (χ2v) is 6.83. The zero-order chi connectivity index (χ0) is 14.7. The van der Waals surface area contributed by atoms with E-state index in [9.17, 15) is 0 Å². The van der Waals surface area contributed by atoms with Gasteiger partial charge in [-0.15, -0.1) is 0 Å². The molecule has 21 heavy (non-hydrogen) atoms. The lowest BCUT2D eigenvalue weighted by Gasteiger charge is -2.34. The highest BCUT2D eigenvalue weighted by Gasteiger charge is 2.37. The Morgan fingerprint density at radius 1 is 1.29 bits per heavy atom. The zero-order valence-corrected chi connectivity index (χ0v) is 13.4. The quantitative estimate of drug-likeness (QED) is 0.835. The van der Waals surface area contributed by atoms with Crippen LogP contribution in [-0.4, -0.2) is 39.4 Å². The summed E-state index contributed by atoms with van der Waals surface area (Å²) in [6.07, 6.45) is 4.98. The van der Waals surface area contributed by atoms with Gasteiger partial charge in [0.25, 0.3) is 0 Å². The Kier molecular flexibility index (Phi) is 4.51. The fourth-order valence-electron chi connectivity index (χ4n) is 3.20. The predicted octanol–water partition coefficient (Wildman–Crippen LogP) is 2.84. The third-order valence-electron chi connectivity index (χ3n) is 4.89. The van der Waals surface area contributed by atoms with Crippen molar-refractivity contribution in [2.24, 2.45) is 5.41 Å². The maximum absolute atomic E-state index is 5.72. The average Bonchev–Trinajstić information content (AvgIpc) is 3.25. The Labute approximate surface area is 128 Å². The SMILES string of the molecule is CCc1ccc(N(C)CC2(CNC3CC3)CCOC2)cc1. The molecule has 1 aromatic rings. The summed E-state index contributed by atoms with van der Waals surface area (Å²) in [5.74, 6) is 0. The lowest BCUT2D eigenvalue weighted by atomic mass is 9.86. The van der Waals surface area contributed by atoms with E-state index < -0.39 is 0 Å². The smallest absolute Gasteiger partial charge is 0.0552 e. The second kappa shape index (κ2) is 6.37. The van der Waals surface area contributed by atoms with Crippen molar-refractivity contribution in [1.82, 2.24) is 5.32 Å². The molecule has 1 atom stereocenters. The molecule has 3 nitrogen and oxygen atoms in total. The summed E-state index contributed by atoms with van der Waals surface area (Å²) in [6.45, 7) is 6.17. The lowest BCUT2D eigenvalue weighted by molar-refractivity contribution is 0.152. The van der Waals surface area contributed by atoms with Crippen LogP contribution in [0.15, 0.2) is 24.3 Å². The van der Waals surface area contributed by atoms with Crippen LogP contribution in [0.1, 0.15) is 31.7 Å². The average molecular weight is 288 g/mol. The van der Waals surface area contributed by atoms with Gasteiger partial charge in [0.2, 0.25) is 0 Å². The lowest BCUT2D eigenvalue weighted by Crippen LogP contribution is -2.44. The minimum atomic E-state index is 0.279. The van der Waals surface area contributed by atoms with Gasteiger partial charge in [-0.05, 0) is 43.4 Å². The molecule has 1 unspecified atom stereocenters. The largest absolute Gasteiger partial charge is 0.381 e. The van der Waals surface area contributed by atoms with Gasteiger partial charge in [0.1, 0.15) is 0 Å². The normalized spacial score (nSPS) is 25.2. The molecule has 1 aliphatic carbocycles. The number of rotatable bonds is 7. The van der Waals surface area contributed by atoms with E-state index in [1.165, 1.54) is 30.5 Å². The number of nitrogens with one attached hydrogen (secondary N) is 1. The Hall–Kier alpha value is -1.06. The van der Waals surface area contributed by atoms with Crippen LogP contribution in [0.2, 0.25) is 0 Å². The molecule has 1 saturated carbocycles. The molecule has 0 spiro atoms. The van der Waals surface area contributed by atoms with E-state index in [1.54, 1.807) is 0 Å².